The Bertz CT molecular complexity index is 2650. The maximum Gasteiger partial charge on any atom is 0.263 e. The van der Waals surface area contributed by atoms with Crippen molar-refractivity contribution < 1.29 is 23.9 Å². The molecule has 0 saturated carbocycles. The number of nitrogens with one attached hydrogen (secondary N) is 2. The number of fused-ring (bicyclic) bond motifs is 4. The number of aryl methyl sites for hydroxylation is 1. The van der Waals surface area contributed by atoms with Crippen LogP contribution in [0.3, 0.4) is 0 Å². The van der Waals surface area contributed by atoms with Crippen LogP contribution in [0.5, 0.6) is 5.75 Å². The van der Waals surface area contributed by atoms with E-state index in [0.717, 1.165) is 50.5 Å². The lowest BCUT2D eigenvalue weighted by Gasteiger charge is -2.32. The summed E-state index contributed by atoms with van der Waals surface area (Å²) in [5.41, 5.74) is 5.12. The summed E-state index contributed by atoms with van der Waals surface area (Å²) in [6.07, 6.45) is 1.78. The fraction of sp³-hybridized carbons (Fsp3) is 0.304. The summed E-state index contributed by atoms with van der Waals surface area (Å²) < 4.78 is 9.02. The molecule has 8 rings (SSSR count). The van der Waals surface area contributed by atoms with Crippen molar-refractivity contribution >= 4 is 70.0 Å². The second-order valence-corrected chi connectivity index (χ2v) is 21.2. The van der Waals surface area contributed by atoms with Gasteiger partial charge in [-0.15, -0.1) is 21.5 Å². The predicted octanol–water partition coefficient (Wildman–Crippen LogP) is 6.98. The van der Waals surface area contributed by atoms with Crippen molar-refractivity contribution in [2.45, 2.75) is 64.7 Å². The molecule has 3 N–H and O–H groups in total. The highest BCUT2D eigenvalue weighted by Gasteiger charge is 2.31. The van der Waals surface area contributed by atoms with Crippen LogP contribution in [-0.2, 0) is 16.1 Å². The first-order valence-corrected chi connectivity index (χ1v) is 24.7. The number of aliphatic imine (C=N–C) groups is 1. The van der Waals surface area contributed by atoms with E-state index in [-0.39, 0.29) is 30.7 Å². The van der Waals surface area contributed by atoms with Crippen LogP contribution in [0.2, 0.25) is 18.1 Å². The van der Waals surface area contributed by atoms with Gasteiger partial charge in [0.1, 0.15) is 17.6 Å². The van der Waals surface area contributed by atoms with Crippen molar-refractivity contribution in [3.05, 3.63) is 135 Å². The first kappa shape index (κ1) is 42.0. The average molecular weight is 875 g/mol. The van der Waals surface area contributed by atoms with E-state index in [1.807, 2.05) is 97.1 Å². The van der Waals surface area contributed by atoms with Crippen LogP contribution in [0.4, 0.5) is 0 Å². The number of hydrogen-bond donors (Lipinski definition) is 3. The van der Waals surface area contributed by atoms with Crippen molar-refractivity contribution in [2.24, 2.45) is 4.99 Å². The lowest BCUT2D eigenvalue weighted by molar-refractivity contribution is -0.123. The Morgan fingerprint density at radius 1 is 0.934 bits per heavy atom. The maximum absolute atomic E-state index is 13.6. The molecule has 0 radical (unpaired) electrons. The van der Waals surface area contributed by atoms with Gasteiger partial charge in [-0.3, -0.25) is 23.9 Å². The molecule has 2 aromatic heterocycles. The summed E-state index contributed by atoms with van der Waals surface area (Å²) >= 11 is 7.76. The van der Waals surface area contributed by atoms with Crippen LogP contribution in [0, 0.1) is 6.92 Å². The lowest BCUT2D eigenvalue weighted by atomic mass is 9.88. The Morgan fingerprint density at radius 3 is 2.46 bits per heavy atom. The first-order chi connectivity index (χ1) is 29.4. The molecule has 2 aliphatic heterocycles. The summed E-state index contributed by atoms with van der Waals surface area (Å²) in [5, 5.41) is 17.2. The lowest BCUT2D eigenvalue weighted by Crippen LogP contribution is -2.41. The third-order valence-electron chi connectivity index (χ3n) is 11.3. The zero-order valence-corrected chi connectivity index (χ0v) is 37.1. The molecule has 6 aromatic rings. The predicted molar refractivity (Wildman–Crippen MR) is 242 cm³/mol. The molecule has 0 bridgehead atoms. The standard InChI is InChI=1S/C46H48ClN7O5SSi/c1-5-48-42(55)25-37-45-52-51-28(2)54(45)38-17-16-34(23-35(38)44(50-37)31-12-14-33(47)15-13-31)59-27-43(56)49-26-29-8-6-9-32(22-29)30-18-20-53(21-19-30)46(57)40-24-36-39(60-40)10-7-11-41(36)61(3,4)58/h6-17,22-24,30,37,58H,5,18-21,25-27H2,1-4H3,(H,48,55)(H,49,56)/t37-/m0/s1. The average Bonchev–Trinajstić information content (AvgIpc) is 3.84. The third-order valence-corrected chi connectivity index (χ3v) is 14.4. The van der Waals surface area contributed by atoms with Crippen LogP contribution in [0.1, 0.15) is 81.7 Å². The SMILES string of the molecule is CCNC(=O)C[C@@H]1N=C(c2ccc(Cl)cc2)c2cc(OCC(=O)NCc3cccc(C4CCN(C(=O)c5cc6c([Si](C)(C)O)cccc6s5)CC4)c3)ccc2-n2c(C)nnc21. The van der Waals surface area contributed by atoms with E-state index < -0.39 is 14.4 Å². The Labute approximate surface area is 364 Å². The van der Waals surface area contributed by atoms with Gasteiger partial charge in [0.15, 0.2) is 12.4 Å². The van der Waals surface area contributed by atoms with Crippen molar-refractivity contribution in [1.82, 2.24) is 30.3 Å². The number of thiophene rings is 1. The van der Waals surface area contributed by atoms with Crippen molar-refractivity contribution in [3.63, 3.8) is 0 Å². The number of halogens is 1. The Kier molecular flexibility index (Phi) is 12.2. The highest BCUT2D eigenvalue weighted by atomic mass is 35.5. The van der Waals surface area contributed by atoms with E-state index in [4.69, 9.17) is 21.3 Å². The third kappa shape index (κ3) is 9.18. The summed E-state index contributed by atoms with van der Waals surface area (Å²) in [7, 11) is -2.54. The summed E-state index contributed by atoms with van der Waals surface area (Å²) in [6, 6.07) is 28.5. The van der Waals surface area contributed by atoms with Gasteiger partial charge in [-0.2, -0.15) is 0 Å². The van der Waals surface area contributed by atoms with Crippen molar-refractivity contribution in [1.29, 1.82) is 0 Å². The van der Waals surface area contributed by atoms with Gasteiger partial charge in [0.05, 0.1) is 22.7 Å². The molecule has 0 spiro atoms. The monoisotopic (exact) mass is 873 g/mol. The second-order valence-electron chi connectivity index (χ2n) is 16.0. The number of piperidine rings is 1. The minimum absolute atomic E-state index is 0.0457. The smallest absolute Gasteiger partial charge is 0.263 e. The molecule has 61 heavy (non-hydrogen) atoms. The number of aromatic nitrogens is 3. The molecule has 4 aromatic carbocycles. The molecule has 15 heteroatoms. The van der Waals surface area contributed by atoms with Gasteiger partial charge in [-0.1, -0.05) is 60.1 Å². The van der Waals surface area contributed by atoms with E-state index in [1.165, 1.54) is 16.9 Å². The summed E-state index contributed by atoms with van der Waals surface area (Å²) in [4.78, 5) is 58.2. The fourth-order valence-electron chi connectivity index (χ4n) is 8.21. The number of benzene rings is 4. The molecular formula is C46H48ClN7O5SSi. The highest BCUT2D eigenvalue weighted by molar-refractivity contribution is 7.21. The van der Waals surface area contributed by atoms with Crippen LogP contribution in [0.15, 0.2) is 96.0 Å². The van der Waals surface area contributed by atoms with Gasteiger partial charge >= 0.3 is 0 Å². The van der Waals surface area contributed by atoms with Crippen LogP contribution < -0.4 is 20.6 Å². The molecule has 3 amide bonds. The van der Waals surface area contributed by atoms with Crippen molar-refractivity contribution in [2.75, 3.05) is 26.2 Å². The van der Waals surface area contributed by atoms with Crippen LogP contribution >= 0.6 is 22.9 Å². The number of rotatable bonds is 12. The minimum Gasteiger partial charge on any atom is -0.484 e. The fourth-order valence-corrected chi connectivity index (χ4v) is 10.9. The number of amides is 3. The number of ether oxygens (including phenoxy) is 1. The van der Waals surface area contributed by atoms with Crippen LogP contribution in [-0.4, -0.2) is 82.5 Å². The molecule has 1 atom stereocenters. The van der Waals surface area contributed by atoms with Crippen molar-refractivity contribution in [3.8, 4) is 11.4 Å². The largest absolute Gasteiger partial charge is 0.484 e. The van der Waals surface area contributed by atoms with E-state index in [1.54, 1.807) is 18.2 Å². The number of carbonyl (C=O) groups excluding carboxylic acids is 3. The molecule has 0 aliphatic carbocycles. The molecule has 4 heterocycles. The van der Waals surface area contributed by atoms with E-state index in [0.29, 0.717) is 65.1 Å². The molecular weight excluding hydrogens is 826 g/mol. The Morgan fingerprint density at radius 2 is 1.70 bits per heavy atom. The Hall–Kier alpha value is -5.67. The molecule has 2 aliphatic rings. The topological polar surface area (TPSA) is 151 Å². The number of hydrogen-bond acceptors (Lipinski definition) is 9. The Balaban J connectivity index is 0.907. The highest BCUT2D eigenvalue weighted by Crippen LogP contribution is 2.35. The molecule has 0 unspecified atom stereocenters. The zero-order valence-electron chi connectivity index (χ0n) is 34.6. The normalized spacial score (nSPS) is 15.4. The number of likely N-dealkylation sites (tertiary alicyclic amines) is 1. The maximum atomic E-state index is 13.6. The van der Waals surface area contributed by atoms with E-state index in [9.17, 15) is 19.2 Å². The van der Waals surface area contributed by atoms with Gasteiger partial charge in [-0.05, 0) is 110 Å². The first-order valence-electron chi connectivity index (χ1n) is 20.6. The number of nitrogens with zero attached hydrogens (tertiary/aromatic N) is 5. The van der Waals surface area contributed by atoms with Gasteiger partial charge in [0, 0.05) is 47.0 Å². The second kappa shape index (κ2) is 17.7. The van der Waals surface area contributed by atoms with E-state index >= 15 is 0 Å². The zero-order chi connectivity index (χ0) is 42.8. The van der Waals surface area contributed by atoms with Crippen LogP contribution in [0.25, 0.3) is 15.8 Å². The molecule has 1 saturated heterocycles. The quantitative estimate of drug-likeness (QED) is 0.112. The van der Waals surface area contributed by atoms with Gasteiger partial charge in [0.25, 0.3) is 11.8 Å². The van der Waals surface area contributed by atoms with Gasteiger partial charge < -0.3 is 25.1 Å². The van der Waals surface area contributed by atoms with E-state index in [2.05, 4.69) is 33.0 Å². The molecule has 12 nitrogen and oxygen atoms in total. The molecule has 314 valence electrons. The minimum atomic E-state index is -2.54. The summed E-state index contributed by atoms with van der Waals surface area (Å²) in [5.74, 6) is 1.61. The molecule has 1 fully saturated rings. The summed E-state index contributed by atoms with van der Waals surface area (Å²) in [6.45, 7) is 9.51. The van der Waals surface area contributed by atoms with Gasteiger partial charge in [0.2, 0.25) is 14.2 Å². The number of carbonyl (C=O) groups is 3. The van der Waals surface area contributed by atoms with Gasteiger partial charge in [-0.25, -0.2) is 0 Å².